The van der Waals surface area contributed by atoms with Gasteiger partial charge in [0.05, 0.1) is 6.04 Å². The predicted octanol–water partition coefficient (Wildman–Crippen LogP) is 0.0421. The molecular formula is C16H23N3O4. The molecule has 0 spiro atoms. The zero-order valence-corrected chi connectivity index (χ0v) is 13.1. The fraction of sp³-hybridized carbons (Fsp3) is 0.438. The lowest BCUT2D eigenvalue weighted by molar-refractivity contribution is -0.142. The van der Waals surface area contributed by atoms with Crippen LogP contribution in [0.2, 0.25) is 0 Å². The fourth-order valence-electron chi connectivity index (χ4n) is 2.06. The number of hydrogen-bond acceptors (Lipinski definition) is 4. The summed E-state index contributed by atoms with van der Waals surface area (Å²) in [5.41, 5.74) is 6.71. The highest BCUT2D eigenvalue weighted by Crippen LogP contribution is 2.04. The minimum absolute atomic E-state index is 0.0188. The van der Waals surface area contributed by atoms with E-state index in [0.717, 1.165) is 5.56 Å². The first kappa shape index (κ1) is 18.6. The molecule has 0 unspecified atom stereocenters. The Morgan fingerprint density at radius 2 is 1.87 bits per heavy atom. The van der Waals surface area contributed by atoms with Crippen molar-refractivity contribution in [1.82, 2.24) is 10.6 Å². The molecule has 0 aliphatic carbocycles. The highest BCUT2D eigenvalue weighted by Gasteiger charge is 2.24. The van der Waals surface area contributed by atoms with Gasteiger partial charge >= 0.3 is 5.97 Å². The molecule has 0 radical (unpaired) electrons. The summed E-state index contributed by atoms with van der Waals surface area (Å²) in [6.07, 6.45) is 0.360. The molecule has 0 heterocycles. The zero-order valence-electron chi connectivity index (χ0n) is 13.1. The Kier molecular flexibility index (Phi) is 7.76. The van der Waals surface area contributed by atoms with Crippen LogP contribution in [-0.2, 0) is 20.8 Å². The number of rotatable bonds is 9. The van der Waals surface area contributed by atoms with E-state index in [2.05, 4.69) is 10.6 Å². The molecule has 0 aliphatic heterocycles. The van der Waals surface area contributed by atoms with Crippen molar-refractivity contribution in [2.75, 3.05) is 6.54 Å². The number of aliphatic carboxylic acids is 1. The van der Waals surface area contributed by atoms with Gasteiger partial charge in [0.1, 0.15) is 6.04 Å². The van der Waals surface area contributed by atoms with Gasteiger partial charge in [0.25, 0.3) is 0 Å². The van der Waals surface area contributed by atoms with Crippen molar-refractivity contribution >= 4 is 17.8 Å². The summed E-state index contributed by atoms with van der Waals surface area (Å²) >= 11 is 0. The van der Waals surface area contributed by atoms with E-state index in [1.807, 2.05) is 30.3 Å². The van der Waals surface area contributed by atoms with Crippen molar-refractivity contribution < 1.29 is 19.5 Å². The van der Waals surface area contributed by atoms with Gasteiger partial charge in [0.2, 0.25) is 11.8 Å². The average molecular weight is 321 g/mol. The number of carbonyl (C=O) groups is 3. The van der Waals surface area contributed by atoms with E-state index in [1.165, 1.54) is 0 Å². The normalized spacial score (nSPS) is 13.0. The van der Waals surface area contributed by atoms with Crippen LogP contribution in [0.3, 0.4) is 0 Å². The van der Waals surface area contributed by atoms with E-state index in [1.54, 1.807) is 6.92 Å². The lowest BCUT2D eigenvalue weighted by atomic mass is 10.0. The summed E-state index contributed by atoms with van der Waals surface area (Å²) in [5.74, 6) is -1.98. The molecule has 5 N–H and O–H groups in total. The minimum atomic E-state index is -1.19. The SMILES string of the molecule is CCNC(=O)CC[C@H](NC(=O)[C@@H](N)Cc1ccccc1)C(=O)O. The van der Waals surface area contributed by atoms with Gasteiger partial charge in [-0.1, -0.05) is 30.3 Å². The Bertz CT molecular complexity index is 533. The van der Waals surface area contributed by atoms with Crippen LogP contribution in [0.5, 0.6) is 0 Å². The van der Waals surface area contributed by atoms with Crippen LogP contribution in [0.15, 0.2) is 30.3 Å². The second kappa shape index (κ2) is 9.58. The molecule has 0 fully saturated rings. The molecule has 7 nitrogen and oxygen atoms in total. The summed E-state index contributed by atoms with van der Waals surface area (Å²) in [6.45, 7) is 2.25. The number of nitrogens with two attached hydrogens (primary N) is 1. The average Bonchev–Trinajstić information content (AvgIpc) is 2.52. The van der Waals surface area contributed by atoms with Gasteiger partial charge in [-0.2, -0.15) is 0 Å². The van der Waals surface area contributed by atoms with E-state index in [4.69, 9.17) is 10.8 Å². The Balaban J connectivity index is 2.53. The van der Waals surface area contributed by atoms with Crippen molar-refractivity contribution in [3.63, 3.8) is 0 Å². The van der Waals surface area contributed by atoms with Crippen molar-refractivity contribution in [2.45, 2.75) is 38.3 Å². The molecule has 0 aliphatic rings. The molecule has 0 bridgehead atoms. The predicted molar refractivity (Wildman–Crippen MR) is 85.6 cm³/mol. The molecule has 1 aromatic carbocycles. The summed E-state index contributed by atoms with van der Waals surface area (Å²) < 4.78 is 0. The summed E-state index contributed by atoms with van der Waals surface area (Å²) in [6, 6.07) is 7.25. The van der Waals surface area contributed by atoms with Crippen LogP contribution in [0, 0.1) is 0 Å². The van der Waals surface area contributed by atoms with E-state index in [9.17, 15) is 14.4 Å². The molecule has 7 heteroatoms. The van der Waals surface area contributed by atoms with Gasteiger partial charge in [-0.25, -0.2) is 4.79 Å². The first-order valence-corrected chi connectivity index (χ1v) is 7.53. The summed E-state index contributed by atoms with van der Waals surface area (Å²) in [7, 11) is 0. The lowest BCUT2D eigenvalue weighted by Crippen LogP contribution is -2.49. The topological polar surface area (TPSA) is 122 Å². The maximum atomic E-state index is 12.0. The van der Waals surface area contributed by atoms with Crippen LogP contribution in [-0.4, -0.2) is 41.5 Å². The van der Waals surface area contributed by atoms with Gasteiger partial charge in [-0.15, -0.1) is 0 Å². The number of hydrogen-bond donors (Lipinski definition) is 4. The van der Waals surface area contributed by atoms with E-state index in [-0.39, 0.29) is 18.7 Å². The molecule has 0 saturated heterocycles. The van der Waals surface area contributed by atoms with Gasteiger partial charge in [0, 0.05) is 13.0 Å². The first-order valence-electron chi connectivity index (χ1n) is 7.53. The third-order valence-corrected chi connectivity index (χ3v) is 3.28. The van der Waals surface area contributed by atoms with Gasteiger partial charge in [0.15, 0.2) is 0 Å². The van der Waals surface area contributed by atoms with Crippen LogP contribution >= 0.6 is 0 Å². The lowest BCUT2D eigenvalue weighted by Gasteiger charge is -2.17. The fourth-order valence-corrected chi connectivity index (χ4v) is 2.06. The number of carboxylic acids is 1. The molecule has 1 rings (SSSR count). The molecule has 0 saturated carbocycles. The Hall–Kier alpha value is -2.41. The zero-order chi connectivity index (χ0) is 17.2. The second-order valence-corrected chi connectivity index (χ2v) is 5.19. The third kappa shape index (κ3) is 6.92. The molecule has 0 aromatic heterocycles. The third-order valence-electron chi connectivity index (χ3n) is 3.28. The number of amides is 2. The first-order chi connectivity index (χ1) is 10.9. The molecule has 23 heavy (non-hydrogen) atoms. The second-order valence-electron chi connectivity index (χ2n) is 5.19. The van der Waals surface area contributed by atoms with Gasteiger partial charge in [-0.05, 0) is 25.3 Å². The van der Waals surface area contributed by atoms with Gasteiger partial charge < -0.3 is 21.5 Å². The van der Waals surface area contributed by atoms with Crippen LogP contribution in [0.25, 0.3) is 0 Å². The summed E-state index contributed by atoms with van der Waals surface area (Å²) in [5, 5.41) is 14.1. The number of benzene rings is 1. The van der Waals surface area contributed by atoms with Crippen LogP contribution in [0.1, 0.15) is 25.3 Å². The molecular weight excluding hydrogens is 298 g/mol. The molecule has 126 valence electrons. The van der Waals surface area contributed by atoms with Crippen molar-refractivity contribution in [3.8, 4) is 0 Å². The molecule has 1 aromatic rings. The number of carboxylic acid groups (broad SMARTS) is 1. The highest BCUT2D eigenvalue weighted by atomic mass is 16.4. The van der Waals surface area contributed by atoms with E-state index in [0.29, 0.717) is 13.0 Å². The maximum absolute atomic E-state index is 12.0. The van der Waals surface area contributed by atoms with Crippen LogP contribution in [0.4, 0.5) is 0 Å². The highest BCUT2D eigenvalue weighted by molar-refractivity contribution is 5.87. The van der Waals surface area contributed by atoms with E-state index < -0.39 is 24.0 Å². The smallest absolute Gasteiger partial charge is 0.326 e. The molecule has 2 amide bonds. The minimum Gasteiger partial charge on any atom is -0.480 e. The largest absolute Gasteiger partial charge is 0.480 e. The van der Waals surface area contributed by atoms with Crippen molar-refractivity contribution in [2.24, 2.45) is 5.73 Å². The van der Waals surface area contributed by atoms with Gasteiger partial charge in [-0.3, -0.25) is 9.59 Å². The Morgan fingerprint density at radius 3 is 2.43 bits per heavy atom. The number of carbonyl (C=O) groups excluding carboxylic acids is 2. The summed E-state index contributed by atoms with van der Waals surface area (Å²) in [4.78, 5) is 34.6. The monoisotopic (exact) mass is 321 g/mol. The van der Waals surface area contributed by atoms with Crippen molar-refractivity contribution in [1.29, 1.82) is 0 Å². The van der Waals surface area contributed by atoms with Crippen molar-refractivity contribution in [3.05, 3.63) is 35.9 Å². The Morgan fingerprint density at radius 1 is 1.22 bits per heavy atom. The number of nitrogens with one attached hydrogen (secondary N) is 2. The standard InChI is InChI=1S/C16H23N3O4/c1-2-18-14(20)9-8-13(16(22)23)19-15(21)12(17)10-11-6-4-3-5-7-11/h3-7,12-13H,2,8-10,17H2,1H3,(H,18,20)(H,19,21)(H,22,23)/t12-,13-/m0/s1. The molecule has 2 atom stereocenters. The van der Waals surface area contributed by atoms with E-state index >= 15 is 0 Å². The maximum Gasteiger partial charge on any atom is 0.326 e. The quantitative estimate of drug-likeness (QED) is 0.512. The van der Waals surface area contributed by atoms with Crippen LogP contribution < -0.4 is 16.4 Å². The Labute approximate surface area is 135 Å².